The molecule has 0 saturated heterocycles. The Balaban J connectivity index is 2.09. The summed E-state index contributed by atoms with van der Waals surface area (Å²) < 4.78 is 1.67. The Morgan fingerprint density at radius 2 is 2.14 bits per heavy atom. The van der Waals surface area contributed by atoms with Crippen molar-refractivity contribution >= 4 is 5.91 Å². The first kappa shape index (κ1) is 16.0. The van der Waals surface area contributed by atoms with E-state index in [9.17, 15) is 9.90 Å². The molecule has 1 aromatic rings. The SMILES string of the molecule is CC(C)c1nn(C)cc1C(=O)NC[C@]1(O)CCCC1(C)C. The molecule has 0 unspecified atom stereocenters. The molecule has 1 aliphatic carbocycles. The molecule has 1 fully saturated rings. The van der Waals surface area contributed by atoms with E-state index in [1.54, 1.807) is 10.9 Å². The minimum absolute atomic E-state index is 0.150. The number of aliphatic hydroxyl groups is 1. The standard InChI is InChI=1S/C16H27N3O2/c1-11(2)13-12(9-19(5)18-13)14(20)17-10-16(21)8-6-7-15(16,3)4/h9,11,21H,6-8,10H2,1-5H3,(H,17,20)/t16-/m1/s1. The maximum Gasteiger partial charge on any atom is 0.254 e. The van der Waals surface area contributed by atoms with E-state index in [4.69, 9.17) is 0 Å². The fourth-order valence-electron chi connectivity index (χ4n) is 3.15. The Labute approximate surface area is 126 Å². The average Bonchev–Trinajstić information content (AvgIpc) is 2.89. The lowest BCUT2D eigenvalue weighted by Gasteiger charge is -2.36. The molecule has 1 amide bonds. The summed E-state index contributed by atoms with van der Waals surface area (Å²) in [5.41, 5.74) is 0.429. The van der Waals surface area contributed by atoms with E-state index < -0.39 is 5.60 Å². The quantitative estimate of drug-likeness (QED) is 0.894. The molecule has 118 valence electrons. The molecular formula is C16H27N3O2. The van der Waals surface area contributed by atoms with E-state index in [0.717, 1.165) is 25.0 Å². The van der Waals surface area contributed by atoms with Crippen molar-refractivity contribution in [1.29, 1.82) is 0 Å². The van der Waals surface area contributed by atoms with Gasteiger partial charge >= 0.3 is 0 Å². The van der Waals surface area contributed by atoms with E-state index in [0.29, 0.717) is 12.1 Å². The van der Waals surface area contributed by atoms with Crippen molar-refractivity contribution < 1.29 is 9.90 Å². The highest BCUT2D eigenvalue weighted by Crippen LogP contribution is 2.45. The minimum Gasteiger partial charge on any atom is -0.387 e. The van der Waals surface area contributed by atoms with Gasteiger partial charge in [-0.3, -0.25) is 9.48 Å². The lowest BCUT2D eigenvalue weighted by molar-refractivity contribution is -0.0394. The van der Waals surface area contributed by atoms with Crippen LogP contribution in [0.5, 0.6) is 0 Å². The third kappa shape index (κ3) is 2.98. The Hall–Kier alpha value is -1.36. The van der Waals surface area contributed by atoms with Crippen molar-refractivity contribution in [2.45, 2.75) is 58.5 Å². The number of hydrogen-bond acceptors (Lipinski definition) is 3. The lowest BCUT2D eigenvalue weighted by Crippen LogP contribution is -2.49. The number of nitrogens with zero attached hydrogens (tertiary/aromatic N) is 2. The first-order valence-electron chi connectivity index (χ1n) is 7.70. The average molecular weight is 293 g/mol. The van der Waals surface area contributed by atoms with E-state index >= 15 is 0 Å². The van der Waals surface area contributed by atoms with Crippen LogP contribution in [0.3, 0.4) is 0 Å². The van der Waals surface area contributed by atoms with E-state index in [2.05, 4.69) is 24.3 Å². The van der Waals surface area contributed by atoms with Crippen LogP contribution in [0.15, 0.2) is 6.20 Å². The summed E-state index contributed by atoms with van der Waals surface area (Å²) in [5, 5.41) is 18.0. The van der Waals surface area contributed by atoms with E-state index in [-0.39, 0.29) is 17.2 Å². The molecule has 0 radical (unpaired) electrons. The number of nitrogens with one attached hydrogen (secondary N) is 1. The van der Waals surface area contributed by atoms with Crippen LogP contribution >= 0.6 is 0 Å². The lowest BCUT2D eigenvalue weighted by atomic mass is 9.78. The first-order chi connectivity index (χ1) is 9.66. The minimum atomic E-state index is -0.817. The van der Waals surface area contributed by atoms with Crippen LogP contribution in [0.2, 0.25) is 0 Å². The summed E-state index contributed by atoms with van der Waals surface area (Å²) in [6.07, 6.45) is 4.48. The maximum absolute atomic E-state index is 12.4. The molecule has 0 aromatic carbocycles. The highest BCUT2D eigenvalue weighted by atomic mass is 16.3. The van der Waals surface area contributed by atoms with Crippen LogP contribution in [0.4, 0.5) is 0 Å². The first-order valence-corrected chi connectivity index (χ1v) is 7.70. The van der Waals surface area contributed by atoms with Gasteiger partial charge in [0.15, 0.2) is 0 Å². The number of hydrogen-bond donors (Lipinski definition) is 2. The van der Waals surface area contributed by atoms with Gasteiger partial charge < -0.3 is 10.4 Å². The summed E-state index contributed by atoms with van der Waals surface area (Å²) in [6.45, 7) is 8.47. The number of aryl methyl sites for hydroxylation is 1. The number of aromatic nitrogens is 2. The zero-order valence-corrected chi connectivity index (χ0v) is 13.7. The Morgan fingerprint density at radius 3 is 2.67 bits per heavy atom. The van der Waals surface area contributed by atoms with Gasteiger partial charge in [0.1, 0.15) is 0 Å². The number of carbonyl (C=O) groups excluding carboxylic acids is 1. The van der Waals surface area contributed by atoms with Crippen LogP contribution < -0.4 is 5.32 Å². The monoisotopic (exact) mass is 293 g/mol. The molecule has 0 aliphatic heterocycles. The van der Waals surface area contributed by atoms with Gasteiger partial charge in [-0.1, -0.05) is 27.7 Å². The van der Waals surface area contributed by atoms with Crippen molar-refractivity contribution in [3.63, 3.8) is 0 Å². The van der Waals surface area contributed by atoms with Gasteiger partial charge in [0.05, 0.1) is 16.9 Å². The van der Waals surface area contributed by atoms with Crippen molar-refractivity contribution in [3.8, 4) is 0 Å². The second-order valence-corrected chi connectivity index (χ2v) is 7.21. The van der Waals surface area contributed by atoms with Gasteiger partial charge in [-0.25, -0.2) is 0 Å². The molecule has 5 nitrogen and oxygen atoms in total. The molecule has 1 aromatic heterocycles. The van der Waals surface area contributed by atoms with Crippen molar-refractivity contribution in [3.05, 3.63) is 17.5 Å². The highest BCUT2D eigenvalue weighted by molar-refractivity contribution is 5.95. The van der Waals surface area contributed by atoms with E-state index in [1.807, 2.05) is 20.9 Å². The molecule has 2 rings (SSSR count). The molecule has 1 aliphatic rings. The topological polar surface area (TPSA) is 67.2 Å². The molecule has 0 bridgehead atoms. The normalized spacial score (nSPS) is 24.5. The second-order valence-electron chi connectivity index (χ2n) is 7.21. The number of amides is 1. The summed E-state index contributed by atoms with van der Waals surface area (Å²) in [4.78, 5) is 12.4. The summed E-state index contributed by atoms with van der Waals surface area (Å²) in [5.74, 6) is 0.0425. The molecule has 5 heteroatoms. The van der Waals surface area contributed by atoms with Crippen LogP contribution in [0.1, 0.15) is 68.9 Å². The van der Waals surface area contributed by atoms with Gasteiger partial charge in [0, 0.05) is 19.8 Å². The third-order valence-electron chi connectivity index (χ3n) is 4.84. The number of rotatable bonds is 4. The van der Waals surface area contributed by atoms with Gasteiger partial charge in [-0.05, 0) is 30.6 Å². The van der Waals surface area contributed by atoms with E-state index in [1.165, 1.54) is 0 Å². The largest absolute Gasteiger partial charge is 0.387 e. The Morgan fingerprint density at radius 1 is 1.48 bits per heavy atom. The fraction of sp³-hybridized carbons (Fsp3) is 0.750. The summed E-state index contributed by atoms with van der Waals surface area (Å²) >= 11 is 0. The molecule has 21 heavy (non-hydrogen) atoms. The Kier molecular flexibility index (Phi) is 4.15. The molecule has 0 spiro atoms. The van der Waals surface area contributed by atoms with Crippen molar-refractivity contribution in [1.82, 2.24) is 15.1 Å². The zero-order chi connectivity index (χ0) is 15.8. The maximum atomic E-state index is 12.4. The molecule has 1 saturated carbocycles. The fourth-order valence-corrected chi connectivity index (χ4v) is 3.15. The van der Waals surface area contributed by atoms with Gasteiger partial charge in [-0.2, -0.15) is 5.10 Å². The summed E-state index contributed by atoms with van der Waals surface area (Å²) in [7, 11) is 1.82. The summed E-state index contributed by atoms with van der Waals surface area (Å²) in [6, 6.07) is 0. The predicted octanol–water partition coefficient (Wildman–Crippen LogP) is 2.21. The zero-order valence-electron chi connectivity index (χ0n) is 13.7. The van der Waals surface area contributed by atoms with Crippen LogP contribution in [0, 0.1) is 5.41 Å². The van der Waals surface area contributed by atoms with Crippen LogP contribution in [-0.4, -0.2) is 32.9 Å². The van der Waals surface area contributed by atoms with Crippen molar-refractivity contribution in [2.24, 2.45) is 12.5 Å². The molecule has 2 N–H and O–H groups in total. The van der Waals surface area contributed by atoms with Gasteiger partial charge in [0.2, 0.25) is 0 Å². The third-order valence-corrected chi connectivity index (χ3v) is 4.84. The van der Waals surface area contributed by atoms with Gasteiger partial charge in [0.25, 0.3) is 5.91 Å². The smallest absolute Gasteiger partial charge is 0.254 e. The molecule has 1 atom stereocenters. The predicted molar refractivity (Wildman–Crippen MR) is 82.2 cm³/mol. The highest BCUT2D eigenvalue weighted by Gasteiger charge is 2.47. The molecular weight excluding hydrogens is 266 g/mol. The number of carbonyl (C=O) groups is 1. The molecule has 1 heterocycles. The Bertz CT molecular complexity index is 534. The van der Waals surface area contributed by atoms with Crippen molar-refractivity contribution in [2.75, 3.05) is 6.54 Å². The van der Waals surface area contributed by atoms with Crippen LogP contribution in [-0.2, 0) is 7.05 Å². The second kappa shape index (κ2) is 5.44. The van der Waals surface area contributed by atoms with Crippen LogP contribution in [0.25, 0.3) is 0 Å². The van der Waals surface area contributed by atoms with Gasteiger partial charge in [-0.15, -0.1) is 0 Å².